The van der Waals surface area contributed by atoms with Crippen LogP contribution in [0.1, 0.15) is 39.2 Å². The molecule has 1 N–H and O–H groups in total. The number of rotatable bonds is 10. The largest absolute Gasteiger partial charge is 0.374 e. The van der Waals surface area contributed by atoms with Crippen LogP contribution in [0.25, 0.3) is 6.08 Å². The Morgan fingerprint density at radius 3 is 2.60 bits per heavy atom. The minimum atomic E-state index is 0.330. The monoisotopic (exact) mass is 275 g/mol. The summed E-state index contributed by atoms with van der Waals surface area (Å²) in [6.07, 6.45) is 6.82. The molecule has 1 aromatic carbocycles. The van der Waals surface area contributed by atoms with E-state index in [0.717, 1.165) is 25.4 Å². The normalized spacial score (nSPS) is 13.2. The molecule has 1 atom stereocenters. The number of nitrogens with one attached hydrogen (secondary N) is 1. The maximum absolute atomic E-state index is 5.78. The molecule has 20 heavy (non-hydrogen) atoms. The van der Waals surface area contributed by atoms with Crippen molar-refractivity contribution in [3.8, 4) is 0 Å². The van der Waals surface area contributed by atoms with Gasteiger partial charge in [0, 0.05) is 0 Å². The molecule has 2 nitrogen and oxygen atoms in total. The van der Waals surface area contributed by atoms with Crippen molar-refractivity contribution in [2.24, 2.45) is 5.92 Å². The van der Waals surface area contributed by atoms with Gasteiger partial charge in [-0.25, -0.2) is 0 Å². The summed E-state index contributed by atoms with van der Waals surface area (Å²) >= 11 is 0. The van der Waals surface area contributed by atoms with E-state index >= 15 is 0 Å². The Kier molecular flexibility index (Phi) is 9.01. The second-order valence-corrected chi connectivity index (χ2v) is 5.70. The van der Waals surface area contributed by atoms with Crippen LogP contribution in [0.4, 0.5) is 0 Å². The molecule has 0 amide bonds. The fourth-order valence-electron chi connectivity index (χ4n) is 1.96. The van der Waals surface area contributed by atoms with Gasteiger partial charge in [-0.05, 0) is 44.3 Å². The quantitative estimate of drug-likeness (QED) is 0.648. The third kappa shape index (κ3) is 8.89. The van der Waals surface area contributed by atoms with E-state index in [1.165, 1.54) is 12.0 Å². The van der Waals surface area contributed by atoms with Crippen LogP contribution in [0, 0.1) is 5.92 Å². The zero-order valence-electron chi connectivity index (χ0n) is 13.1. The lowest BCUT2D eigenvalue weighted by atomic mass is 10.2. The Bertz CT molecular complexity index is 359. The second kappa shape index (κ2) is 10.6. The first-order chi connectivity index (χ1) is 9.68. The molecule has 112 valence electrons. The lowest BCUT2D eigenvalue weighted by molar-refractivity contribution is 0.0806. The van der Waals surface area contributed by atoms with Gasteiger partial charge in [0.2, 0.25) is 0 Å². The first kappa shape index (κ1) is 16.9. The van der Waals surface area contributed by atoms with Crippen molar-refractivity contribution in [1.29, 1.82) is 0 Å². The van der Waals surface area contributed by atoms with Crippen LogP contribution in [-0.4, -0.2) is 25.8 Å². The van der Waals surface area contributed by atoms with Crippen LogP contribution in [0.2, 0.25) is 0 Å². The highest BCUT2D eigenvalue weighted by molar-refractivity contribution is 5.48. The third-order valence-electron chi connectivity index (χ3n) is 3.10. The van der Waals surface area contributed by atoms with Gasteiger partial charge in [-0.2, -0.15) is 0 Å². The molecule has 0 aliphatic rings. The van der Waals surface area contributed by atoms with Gasteiger partial charge in [-0.1, -0.05) is 56.3 Å². The Balaban J connectivity index is 2.02. The van der Waals surface area contributed by atoms with Gasteiger partial charge in [-0.15, -0.1) is 0 Å². The average molecular weight is 275 g/mol. The fraction of sp³-hybridized carbons (Fsp3) is 0.556. The Hall–Kier alpha value is -1.12. The summed E-state index contributed by atoms with van der Waals surface area (Å²) in [5.41, 5.74) is 1.22. The molecule has 0 aliphatic heterocycles. The van der Waals surface area contributed by atoms with E-state index in [-0.39, 0.29) is 0 Å². The highest BCUT2D eigenvalue weighted by atomic mass is 16.5. The topological polar surface area (TPSA) is 21.3 Å². The summed E-state index contributed by atoms with van der Waals surface area (Å²) in [4.78, 5) is 0. The fourth-order valence-corrected chi connectivity index (χ4v) is 1.96. The van der Waals surface area contributed by atoms with Crippen LogP contribution in [-0.2, 0) is 4.74 Å². The van der Waals surface area contributed by atoms with Gasteiger partial charge in [0.15, 0.2) is 0 Å². The molecule has 1 unspecified atom stereocenters. The highest BCUT2D eigenvalue weighted by Gasteiger charge is 2.00. The summed E-state index contributed by atoms with van der Waals surface area (Å²) in [7, 11) is 0. The van der Waals surface area contributed by atoms with Gasteiger partial charge >= 0.3 is 0 Å². The molecule has 0 aromatic heterocycles. The van der Waals surface area contributed by atoms with Crippen molar-refractivity contribution >= 4 is 6.08 Å². The summed E-state index contributed by atoms with van der Waals surface area (Å²) in [6, 6.07) is 10.3. The summed E-state index contributed by atoms with van der Waals surface area (Å²) < 4.78 is 5.78. The van der Waals surface area contributed by atoms with E-state index in [1.807, 2.05) is 18.2 Å². The molecule has 0 saturated heterocycles. The van der Waals surface area contributed by atoms with Crippen molar-refractivity contribution in [2.45, 2.75) is 39.7 Å². The lowest BCUT2D eigenvalue weighted by Gasteiger charge is -2.12. The summed E-state index contributed by atoms with van der Waals surface area (Å²) in [6.45, 7) is 9.50. The van der Waals surface area contributed by atoms with Gasteiger partial charge in [-0.3, -0.25) is 0 Å². The molecular formula is C18H29NO. The zero-order valence-corrected chi connectivity index (χ0v) is 13.1. The molecule has 1 rings (SSSR count). The van der Waals surface area contributed by atoms with Gasteiger partial charge in [0.05, 0.1) is 12.7 Å². The molecule has 0 radical (unpaired) electrons. The number of benzene rings is 1. The van der Waals surface area contributed by atoms with E-state index < -0.39 is 0 Å². The maximum Gasteiger partial charge on any atom is 0.0654 e. The Labute approximate surface area is 124 Å². The van der Waals surface area contributed by atoms with Crippen molar-refractivity contribution in [1.82, 2.24) is 5.32 Å². The molecule has 2 heteroatoms. The molecular weight excluding hydrogens is 246 g/mol. The summed E-state index contributed by atoms with van der Waals surface area (Å²) in [5, 5.41) is 3.46. The van der Waals surface area contributed by atoms with Gasteiger partial charge < -0.3 is 10.1 Å². The van der Waals surface area contributed by atoms with Crippen molar-refractivity contribution in [3.05, 3.63) is 42.0 Å². The number of ether oxygens (including phenoxy) is 1. The molecule has 1 aromatic rings. The minimum absolute atomic E-state index is 0.330. The zero-order chi connectivity index (χ0) is 14.6. The lowest BCUT2D eigenvalue weighted by Crippen LogP contribution is -2.21. The maximum atomic E-state index is 5.78. The molecule has 0 aliphatic carbocycles. The van der Waals surface area contributed by atoms with Crippen LogP contribution in [0.5, 0.6) is 0 Å². The van der Waals surface area contributed by atoms with Crippen molar-refractivity contribution in [2.75, 3.05) is 19.7 Å². The van der Waals surface area contributed by atoms with E-state index in [2.05, 4.69) is 50.4 Å². The first-order valence-corrected chi connectivity index (χ1v) is 7.72. The SMILES string of the molecule is CC(C)CNCCCC(C)OCC=Cc1ccccc1. The average Bonchev–Trinajstić information content (AvgIpc) is 2.44. The third-order valence-corrected chi connectivity index (χ3v) is 3.10. The highest BCUT2D eigenvalue weighted by Crippen LogP contribution is 2.03. The molecule has 0 spiro atoms. The predicted molar refractivity (Wildman–Crippen MR) is 87.8 cm³/mol. The van der Waals surface area contributed by atoms with Crippen LogP contribution in [0.3, 0.4) is 0 Å². The predicted octanol–water partition coefficient (Wildman–Crippen LogP) is 4.13. The van der Waals surface area contributed by atoms with E-state index in [4.69, 9.17) is 4.74 Å². The smallest absolute Gasteiger partial charge is 0.0654 e. The Morgan fingerprint density at radius 1 is 1.15 bits per heavy atom. The molecule has 0 fully saturated rings. The summed E-state index contributed by atoms with van der Waals surface area (Å²) in [5.74, 6) is 0.729. The number of hydrogen-bond donors (Lipinski definition) is 1. The Morgan fingerprint density at radius 2 is 1.90 bits per heavy atom. The van der Waals surface area contributed by atoms with E-state index in [0.29, 0.717) is 12.7 Å². The van der Waals surface area contributed by atoms with E-state index in [1.54, 1.807) is 0 Å². The molecule has 0 bridgehead atoms. The van der Waals surface area contributed by atoms with Gasteiger partial charge in [0.1, 0.15) is 0 Å². The van der Waals surface area contributed by atoms with Crippen molar-refractivity contribution < 1.29 is 4.74 Å². The second-order valence-electron chi connectivity index (χ2n) is 5.70. The van der Waals surface area contributed by atoms with Crippen LogP contribution >= 0.6 is 0 Å². The van der Waals surface area contributed by atoms with Crippen molar-refractivity contribution in [3.63, 3.8) is 0 Å². The van der Waals surface area contributed by atoms with Gasteiger partial charge in [0.25, 0.3) is 0 Å². The van der Waals surface area contributed by atoms with Crippen LogP contribution in [0.15, 0.2) is 36.4 Å². The molecule has 0 saturated carbocycles. The van der Waals surface area contributed by atoms with E-state index in [9.17, 15) is 0 Å². The first-order valence-electron chi connectivity index (χ1n) is 7.72. The van der Waals surface area contributed by atoms with Crippen LogP contribution < -0.4 is 5.32 Å². The minimum Gasteiger partial charge on any atom is -0.374 e. The standard InChI is InChI=1S/C18H29NO/c1-16(2)15-19-13-7-9-17(3)20-14-8-12-18-10-5-4-6-11-18/h4-6,8,10-12,16-17,19H,7,9,13-15H2,1-3H3. The number of hydrogen-bond acceptors (Lipinski definition) is 2. The molecule has 0 heterocycles.